The smallest absolute Gasteiger partial charge is 0.336 e. The van der Waals surface area contributed by atoms with Gasteiger partial charge in [-0.25, -0.2) is 4.79 Å². The first-order chi connectivity index (χ1) is 12.9. The van der Waals surface area contributed by atoms with Crippen LogP contribution in [-0.4, -0.2) is 25.5 Å². The van der Waals surface area contributed by atoms with E-state index in [9.17, 15) is 9.59 Å². The molecule has 0 radical (unpaired) electrons. The van der Waals surface area contributed by atoms with Crippen molar-refractivity contribution in [3.63, 3.8) is 0 Å². The number of ketones is 1. The first-order valence-corrected chi connectivity index (χ1v) is 9.47. The molecule has 1 aliphatic carbocycles. The minimum Gasteiger partial charge on any atom is -0.497 e. The van der Waals surface area contributed by atoms with Crippen LogP contribution in [0.15, 0.2) is 46.8 Å². The van der Waals surface area contributed by atoms with Gasteiger partial charge in [0, 0.05) is 29.3 Å². The topological polar surface area (TPSA) is 64.6 Å². The van der Waals surface area contributed by atoms with E-state index in [1.54, 1.807) is 7.11 Å². The summed E-state index contributed by atoms with van der Waals surface area (Å²) in [4.78, 5) is 25.7. The lowest BCUT2D eigenvalue weighted by Gasteiger charge is -2.34. The number of hydrogen-bond donors (Lipinski definition) is 1. The van der Waals surface area contributed by atoms with Crippen molar-refractivity contribution in [2.75, 3.05) is 13.7 Å². The fourth-order valence-corrected chi connectivity index (χ4v) is 3.70. The van der Waals surface area contributed by atoms with Gasteiger partial charge in [0.1, 0.15) is 5.75 Å². The van der Waals surface area contributed by atoms with Gasteiger partial charge in [-0.1, -0.05) is 26.0 Å². The van der Waals surface area contributed by atoms with Crippen LogP contribution in [0.5, 0.6) is 5.75 Å². The monoisotopic (exact) mass is 369 g/mol. The number of nitrogens with one attached hydrogen (secondary N) is 1. The third-order valence-electron chi connectivity index (χ3n) is 4.99. The number of hydrogen-bond acceptors (Lipinski definition) is 5. The average Bonchev–Trinajstić information content (AvgIpc) is 2.65. The molecule has 144 valence electrons. The Morgan fingerprint density at radius 2 is 1.93 bits per heavy atom. The molecule has 1 aromatic carbocycles. The Morgan fingerprint density at radius 1 is 1.22 bits per heavy atom. The van der Waals surface area contributed by atoms with Gasteiger partial charge in [0.25, 0.3) is 0 Å². The molecule has 1 N–H and O–H groups in total. The summed E-state index contributed by atoms with van der Waals surface area (Å²) in [6.07, 6.45) is 2.17. The van der Waals surface area contributed by atoms with Crippen molar-refractivity contribution in [3.05, 3.63) is 52.4 Å². The second kappa shape index (κ2) is 7.99. The van der Waals surface area contributed by atoms with Gasteiger partial charge in [0.15, 0.2) is 5.78 Å². The Kier molecular flexibility index (Phi) is 5.68. The Hall–Kier alpha value is -2.56. The molecule has 0 saturated heterocycles. The molecule has 5 heteroatoms. The number of rotatable bonds is 5. The molecule has 0 unspecified atom stereocenters. The Bertz CT molecular complexity index is 802. The summed E-state index contributed by atoms with van der Waals surface area (Å²) in [7, 11) is 1.61. The van der Waals surface area contributed by atoms with Crippen LogP contribution in [-0.2, 0) is 14.3 Å². The van der Waals surface area contributed by atoms with Gasteiger partial charge in [-0.3, -0.25) is 4.79 Å². The van der Waals surface area contributed by atoms with Crippen molar-refractivity contribution in [1.82, 2.24) is 5.32 Å². The van der Waals surface area contributed by atoms with E-state index in [2.05, 4.69) is 5.32 Å². The number of benzene rings is 1. The zero-order valence-corrected chi connectivity index (χ0v) is 16.4. The Balaban J connectivity index is 2.06. The van der Waals surface area contributed by atoms with E-state index in [4.69, 9.17) is 9.47 Å². The van der Waals surface area contributed by atoms with Gasteiger partial charge < -0.3 is 14.8 Å². The Morgan fingerprint density at radius 3 is 2.56 bits per heavy atom. The van der Waals surface area contributed by atoms with Crippen molar-refractivity contribution in [1.29, 1.82) is 0 Å². The van der Waals surface area contributed by atoms with Crippen LogP contribution in [0, 0.1) is 5.92 Å². The minimum atomic E-state index is -0.403. The van der Waals surface area contributed by atoms with Crippen molar-refractivity contribution >= 4 is 11.8 Å². The molecular weight excluding hydrogens is 342 g/mol. The largest absolute Gasteiger partial charge is 0.497 e. The molecular formula is C22H27NO4. The summed E-state index contributed by atoms with van der Waals surface area (Å²) in [6, 6.07) is 7.56. The van der Waals surface area contributed by atoms with E-state index >= 15 is 0 Å². The van der Waals surface area contributed by atoms with Gasteiger partial charge in [0.05, 0.1) is 19.3 Å². The molecule has 0 spiro atoms. The summed E-state index contributed by atoms with van der Waals surface area (Å²) in [5, 5.41) is 3.30. The fraction of sp³-hybridized carbons (Fsp3) is 0.455. The van der Waals surface area contributed by atoms with Crippen LogP contribution < -0.4 is 10.1 Å². The SMILES string of the molecule is COc1ccc([C@@H]2C(C(=O)OCC(C)C)=C(C)NC3=C2C(=O)CCC3)cc1. The first kappa shape index (κ1) is 19.2. The lowest BCUT2D eigenvalue weighted by Crippen LogP contribution is -2.34. The summed E-state index contributed by atoms with van der Waals surface area (Å²) >= 11 is 0. The molecule has 3 rings (SSSR count). The number of allylic oxidation sites excluding steroid dienone is 3. The Labute approximate surface area is 160 Å². The van der Waals surface area contributed by atoms with E-state index < -0.39 is 5.92 Å². The number of carbonyl (C=O) groups is 2. The zero-order valence-electron chi connectivity index (χ0n) is 16.4. The highest BCUT2D eigenvalue weighted by Gasteiger charge is 2.39. The maximum Gasteiger partial charge on any atom is 0.336 e. The quantitative estimate of drug-likeness (QED) is 0.799. The number of esters is 1. The van der Waals surface area contributed by atoms with Crippen LogP contribution in [0.25, 0.3) is 0 Å². The van der Waals surface area contributed by atoms with Crippen molar-refractivity contribution in [3.8, 4) is 5.75 Å². The van der Waals surface area contributed by atoms with E-state index in [-0.39, 0.29) is 17.7 Å². The third kappa shape index (κ3) is 3.92. The van der Waals surface area contributed by atoms with Crippen LogP contribution in [0.4, 0.5) is 0 Å². The van der Waals surface area contributed by atoms with E-state index in [0.717, 1.165) is 35.5 Å². The molecule has 1 aromatic rings. The van der Waals surface area contributed by atoms with Crippen molar-refractivity contribution in [2.45, 2.75) is 46.0 Å². The second-order valence-corrected chi connectivity index (χ2v) is 7.53. The number of carbonyl (C=O) groups excluding carboxylic acids is 2. The maximum absolute atomic E-state index is 12.9. The minimum absolute atomic E-state index is 0.103. The molecule has 0 amide bonds. The van der Waals surface area contributed by atoms with Gasteiger partial charge in [-0.15, -0.1) is 0 Å². The van der Waals surface area contributed by atoms with Crippen LogP contribution >= 0.6 is 0 Å². The zero-order chi connectivity index (χ0) is 19.6. The number of ether oxygens (including phenoxy) is 2. The average molecular weight is 369 g/mol. The maximum atomic E-state index is 12.9. The molecule has 0 saturated carbocycles. The molecule has 5 nitrogen and oxygen atoms in total. The standard InChI is InChI=1S/C22H27NO4/c1-13(2)12-27-22(25)19-14(3)23-17-6-5-7-18(24)21(17)20(19)15-8-10-16(26-4)11-9-15/h8-11,13,20,23H,5-7,12H2,1-4H3/t20-/m1/s1. The van der Waals surface area contributed by atoms with Crippen LogP contribution in [0.1, 0.15) is 51.5 Å². The van der Waals surface area contributed by atoms with Crippen LogP contribution in [0.3, 0.4) is 0 Å². The summed E-state index contributed by atoms with van der Waals surface area (Å²) < 4.78 is 10.8. The van der Waals surface area contributed by atoms with E-state index in [1.165, 1.54) is 0 Å². The number of Topliss-reactive ketones (excluding diaryl/α,β-unsaturated/α-hetero) is 1. The van der Waals surface area contributed by atoms with E-state index in [0.29, 0.717) is 24.2 Å². The summed E-state index contributed by atoms with van der Waals surface area (Å²) in [5.74, 6) is 0.323. The first-order valence-electron chi connectivity index (χ1n) is 9.47. The molecule has 0 aromatic heterocycles. The number of methoxy groups -OCH3 is 1. The van der Waals surface area contributed by atoms with E-state index in [1.807, 2.05) is 45.0 Å². The summed E-state index contributed by atoms with van der Waals surface area (Å²) in [5.41, 5.74) is 3.82. The highest BCUT2D eigenvalue weighted by atomic mass is 16.5. The van der Waals surface area contributed by atoms with Crippen molar-refractivity contribution < 1.29 is 19.1 Å². The highest BCUT2D eigenvalue weighted by molar-refractivity contribution is 6.03. The molecule has 27 heavy (non-hydrogen) atoms. The highest BCUT2D eigenvalue weighted by Crippen LogP contribution is 2.42. The van der Waals surface area contributed by atoms with Crippen molar-refractivity contribution in [2.24, 2.45) is 5.92 Å². The predicted octanol–water partition coefficient (Wildman–Crippen LogP) is 3.86. The fourth-order valence-electron chi connectivity index (χ4n) is 3.70. The van der Waals surface area contributed by atoms with Gasteiger partial charge in [-0.2, -0.15) is 0 Å². The number of dihydropyridines is 1. The molecule has 0 fully saturated rings. The normalized spacial score (nSPS) is 19.7. The lowest BCUT2D eigenvalue weighted by molar-refractivity contribution is -0.140. The predicted molar refractivity (Wildman–Crippen MR) is 103 cm³/mol. The van der Waals surface area contributed by atoms with Gasteiger partial charge in [-0.05, 0) is 43.4 Å². The molecule has 1 aliphatic heterocycles. The van der Waals surface area contributed by atoms with Crippen LogP contribution in [0.2, 0.25) is 0 Å². The molecule has 0 bridgehead atoms. The lowest BCUT2D eigenvalue weighted by atomic mass is 9.75. The van der Waals surface area contributed by atoms with Gasteiger partial charge in [0.2, 0.25) is 0 Å². The third-order valence-corrected chi connectivity index (χ3v) is 4.99. The second-order valence-electron chi connectivity index (χ2n) is 7.53. The van der Waals surface area contributed by atoms with Gasteiger partial charge >= 0.3 is 5.97 Å². The summed E-state index contributed by atoms with van der Waals surface area (Å²) in [6.45, 7) is 6.23. The molecule has 2 aliphatic rings. The molecule has 1 atom stereocenters. The molecule has 1 heterocycles.